The predicted octanol–water partition coefficient (Wildman–Crippen LogP) is 5.49. The van der Waals surface area contributed by atoms with E-state index in [2.05, 4.69) is 72.2 Å². The van der Waals surface area contributed by atoms with Gasteiger partial charge in [0.05, 0.1) is 5.41 Å². The van der Waals surface area contributed by atoms with Crippen LogP contribution in [0.4, 0.5) is 0 Å². The molecule has 0 radical (unpaired) electrons. The molecular weight excluding hydrogens is 360 g/mol. The summed E-state index contributed by atoms with van der Waals surface area (Å²) < 4.78 is 1.11. The van der Waals surface area contributed by atoms with Gasteiger partial charge in [0.25, 0.3) is 0 Å². The molecule has 2 aromatic rings. The molecule has 4 rings (SSSR count). The van der Waals surface area contributed by atoms with Crippen LogP contribution in [0.5, 0.6) is 0 Å². The predicted molar refractivity (Wildman–Crippen MR) is 101 cm³/mol. The molecule has 0 saturated heterocycles. The van der Waals surface area contributed by atoms with E-state index >= 15 is 0 Å². The van der Waals surface area contributed by atoms with Gasteiger partial charge < -0.3 is 0 Å². The Morgan fingerprint density at radius 2 is 1.83 bits per heavy atom. The monoisotopic (exact) mass is 382 g/mol. The molecule has 0 unspecified atom stereocenters. The molecule has 0 spiro atoms. The van der Waals surface area contributed by atoms with Crippen LogP contribution in [0.2, 0.25) is 0 Å². The molecule has 2 aliphatic rings. The van der Waals surface area contributed by atoms with Gasteiger partial charge in [-0.2, -0.15) is 0 Å². The zero-order valence-corrected chi connectivity index (χ0v) is 15.9. The average molecular weight is 383 g/mol. The lowest BCUT2D eigenvalue weighted by Crippen LogP contribution is -2.55. The summed E-state index contributed by atoms with van der Waals surface area (Å²) in [6.45, 7) is 4.54. The molecule has 0 aromatic heterocycles. The van der Waals surface area contributed by atoms with Crippen molar-refractivity contribution in [1.82, 2.24) is 0 Å². The van der Waals surface area contributed by atoms with Crippen molar-refractivity contribution < 1.29 is 4.79 Å². The molecule has 124 valence electrons. The SMILES string of the molecule is CC1(C)CC[C@]2(Cc3ccccc3)C(=O)[C@H]1Cc1cc(Br)ccc12. The van der Waals surface area contributed by atoms with E-state index in [1.165, 1.54) is 16.7 Å². The second-order valence-corrected chi connectivity index (χ2v) is 9.07. The summed E-state index contributed by atoms with van der Waals surface area (Å²) in [6, 6.07) is 17.0. The van der Waals surface area contributed by atoms with Crippen LogP contribution in [0.3, 0.4) is 0 Å². The lowest BCUT2D eigenvalue weighted by molar-refractivity contribution is -0.138. The summed E-state index contributed by atoms with van der Waals surface area (Å²) in [4.78, 5) is 13.6. The van der Waals surface area contributed by atoms with Crippen LogP contribution in [0.1, 0.15) is 43.4 Å². The van der Waals surface area contributed by atoms with Crippen molar-refractivity contribution in [3.8, 4) is 0 Å². The first-order valence-electron chi connectivity index (χ1n) is 8.80. The van der Waals surface area contributed by atoms with Gasteiger partial charge in [-0.1, -0.05) is 66.2 Å². The van der Waals surface area contributed by atoms with E-state index in [9.17, 15) is 4.79 Å². The van der Waals surface area contributed by atoms with Crippen LogP contribution >= 0.6 is 15.9 Å². The molecule has 0 amide bonds. The Hall–Kier alpha value is -1.41. The first-order chi connectivity index (χ1) is 11.4. The van der Waals surface area contributed by atoms with Crippen molar-refractivity contribution in [1.29, 1.82) is 0 Å². The number of hydrogen-bond donors (Lipinski definition) is 0. The highest BCUT2D eigenvalue weighted by atomic mass is 79.9. The number of benzene rings is 2. The van der Waals surface area contributed by atoms with Gasteiger partial charge in [0.2, 0.25) is 0 Å². The number of ketones is 1. The van der Waals surface area contributed by atoms with Crippen LogP contribution < -0.4 is 0 Å². The van der Waals surface area contributed by atoms with E-state index in [0.29, 0.717) is 5.78 Å². The zero-order valence-electron chi connectivity index (χ0n) is 14.3. The van der Waals surface area contributed by atoms with Gasteiger partial charge in [-0.15, -0.1) is 0 Å². The largest absolute Gasteiger partial charge is 0.298 e. The molecular formula is C22H23BrO. The van der Waals surface area contributed by atoms with Gasteiger partial charge >= 0.3 is 0 Å². The van der Waals surface area contributed by atoms with Gasteiger partial charge in [-0.25, -0.2) is 0 Å². The zero-order chi connectivity index (χ0) is 16.9. The normalized spacial score (nSPS) is 27.6. The Labute approximate surface area is 152 Å². The molecule has 2 aromatic carbocycles. The number of hydrogen-bond acceptors (Lipinski definition) is 1. The smallest absolute Gasteiger partial charge is 0.147 e. The third-order valence-corrected chi connectivity index (χ3v) is 6.78. The Kier molecular flexibility index (Phi) is 3.72. The van der Waals surface area contributed by atoms with Crippen molar-refractivity contribution in [2.24, 2.45) is 11.3 Å². The first kappa shape index (κ1) is 16.1. The maximum atomic E-state index is 13.6. The van der Waals surface area contributed by atoms with E-state index in [1.54, 1.807) is 0 Å². The van der Waals surface area contributed by atoms with Gasteiger partial charge in [-0.3, -0.25) is 4.79 Å². The second-order valence-electron chi connectivity index (χ2n) is 8.16. The summed E-state index contributed by atoms with van der Waals surface area (Å²) in [5.74, 6) is 0.606. The van der Waals surface area contributed by atoms with Gasteiger partial charge in [0, 0.05) is 10.4 Å². The third kappa shape index (κ3) is 2.38. The van der Waals surface area contributed by atoms with Crippen LogP contribution in [0.15, 0.2) is 53.0 Å². The number of carbonyl (C=O) groups is 1. The Balaban J connectivity index is 1.88. The molecule has 2 atom stereocenters. The number of halogens is 1. The molecule has 1 saturated carbocycles. The maximum Gasteiger partial charge on any atom is 0.147 e. The molecule has 1 nitrogen and oxygen atoms in total. The lowest BCUT2D eigenvalue weighted by Gasteiger charge is -2.52. The highest BCUT2D eigenvalue weighted by Crippen LogP contribution is 2.54. The number of fused-ring (bicyclic) bond motifs is 4. The summed E-state index contributed by atoms with van der Waals surface area (Å²) in [6.07, 6.45) is 3.79. The van der Waals surface area contributed by atoms with Crippen molar-refractivity contribution in [3.63, 3.8) is 0 Å². The summed E-state index contributed by atoms with van der Waals surface area (Å²) in [5, 5.41) is 0. The fourth-order valence-electron chi connectivity index (χ4n) is 4.79. The minimum Gasteiger partial charge on any atom is -0.298 e. The van der Waals surface area contributed by atoms with Crippen LogP contribution in [-0.4, -0.2) is 5.78 Å². The Bertz CT molecular complexity index is 793. The third-order valence-electron chi connectivity index (χ3n) is 6.28. The lowest BCUT2D eigenvalue weighted by atomic mass is 9.50. The molecule has 0 aliphatic heterocycles. The summed E-state index contributed by atoms with van der Waals surface area (Å²) >= 11 is 3.61. The van der Waals surface area contributed by atoms with E-state index in [1.807, 2.05) is 6.07 Å². The van der Waals surface area contributed by atoms with Gasteiger partial charge in [0.1, 0.15) is 5.78 Å². The fourth-order valence-corrected chi connectivity index (χ4v) is 5.20. The minimum absolute atomic E-state index is 0.0945. The molecule has 1 fully saturated rings. The molecule has 24 heavy (non-hydrogen) atoms. The van der Waals surface area contributed by atoms with E-state index in [4.69, 9.17) is 0 Å². The van der Waals surface area contributed by atoms with Crippen LogP contribution in [0, 0.1) is 11.3 Å². The van der Waals surface area contributed by atoms with Gasteiger partial charge in [-0.05, 0) is 59.9 Å². The summed E-state index contributed by atoms with van der Waals surface area (Å²) in [5.41, 5.74) is 3.65. The molecule has 2 heteroatoms. The standard InChI is InChI=1S/C22H23BrO/c1-21(2)10-11-22(14-15-6-4-3-5-7-15)18-9-8-17(23)12-16(18)13-19(21)20(22)24/h3-9,12,19H,10-11,13-14H2,1-2H3/t19-,22-/m1/s1. The first-order valence-corrected chi connectivity index (χ1v) is 9.59. The number of carbonyl (C=O) groups excluding carboxylic acids is 1. The molecule has 0 heterocycles. The summed E-state index contributed by atoms with van der Waals surface area (Å²) in [7, 11) is 0. The second kappa shape index (κ2) is 5.56. The van der Waals surface area contributed by atoms with Crippen LogP contribution in [-0.2, 0) is 23.1 Å². The quantitative estimate of drug-likeness (QED) is 0.670. The molecule has 2 bridgehead atoms. The van der Waals surface area contributed by atoms with Gasteiger partial charge in [0.15, 0.2) is 0 Å². The van der Waals surface area contributed by atoms with Crippen LogP contribution in [0.25, 0.3) is 0 Å². The Morgan fingerprint density at radius 3 is 2.58 bits per heavy atom. The van der Waals surface area contributed by atoms with Crippen molar-refractivity contribution in [2.45, 2.75) is 44.9 Å². The highest BCUT2D eigenvalue weighted by molar-refractivity contribution is 9.10. The minimum atomic E-state index is -0.337. The van der Waals surface area contributed by atoms with Crippen molar-refractivity contribution in [3.05, 3.63) is 69.7 Å². The van der Waals surface area contributed by atoms with Crippen molar-refractivity contribution in [2.75, 3.05) is 0 Å². The number of Topliss-reactive ketones (excluding diaryl/α,β-unsaturated/α-hetero) is 1. The van der Waals surface area contributed by atoms with Crippen molar-refractivity contribution >= 4 is 21.7 Å². The van der Waals surface area contributed by atoms with E-state index in [-0.39, 0.29) is 16.7 Å². The Morgan fingerprint density at radius 1 is 1.08 bits per heavy atom. The van der Waals surface area contributed by atoms with E-state index in [0.717, 1.165) is 30.2 Å². The maximum absolute atomic E-state index is 13.6. The molecule has 0 N–H and O–H groups in total. The highest BCUT2D eigenvalue weighted by Gasteiger charge is 2.55. The molecule has 2 aliphatic carbocycles. The number of rotatable bonds is 2. The van der Waals surface area contributed by atoms with E-state index < -0.39 is 0 Å². The fraction of sp³-hybridized carbons (Fsp3) is 0.409. The average Bonchev–Trinajstić information content (AvgIpc) is 2.55. The topological polar surface area (TPSA) is 17.1 Å².